The maximum absolute atomic E-state index is 13.3. The van der Waals surface area contributed by atoms with Crippen molar-refractivity contribution in [3.63, 3.8) is 0 Å². The summed E-state index contributed by atoms with van der Waals surface area (Å²) in [6, 6.07) is 12.1. The van der Waals surface area contributed by atoms with Crippen molar-refractivity contribution in [1.29, 1.82) is 0 Å². The van der Waals surface area contributed by atoms with E-state index in [4.69, 9.17) is 22.1 Å². The van der Waals surface area contributed by atoms with Gasteiger partial charge in [0.2, 0.25) is 0 Å². The lowest BCUT2D eigenvalue weighted by molar-refractivity contribution is 0.296. The number of hydrogen-bond acceptors (Lipinski definition) is 2. The van der Waals surface area contributed by atoms with Crippen LogP contribution in [0.4, 0.5) is 4.39 Å². The second-order valence-corrected chi connectivity index (χ2v) is 5.47. The van der Waals surface area contributed by atoms with Gasteiger partial charge in [-0.2, -0.15) is 0 Å². The molecule has 2 nitrogen and oxygen atoms in total. The second kappa shape index (κ2) is 7.43. The number of halogens is 2. The smallest absolute Gasteiger partial charge is 0.123 e. The van der Waals surface area contributed by atoms with Crippen LogP contribution >= 0.6 is 11.6 Å². The van der Waals surface area contributed by atoms with Crippen molar-refractivity contribution >= 4 is 11.6 Å². The molecule has 0 fully saturated rings. The Hall–Kier alpha value is -1.58. The zero-order chi connectivity index (χ0) is 15.2. The predicted molar refractivity (Wildman–Crippen MR) is 84.5 cm³/mol. The highest BCUT2D eigenvalue weighted by atomic mass is 35.5. The van der Waals surface area contributed by atoms with Gasteiger partial charge in [-0.15, -0.1) is 0 Å². The quantitative estimate of drug-likeness (QED) is 0.863. The Morgan fingerprint density at radius 1 is 1.24 bits per heavy atom. The van der Waals surface area contributed by atoms with Crippen LogP contribution in [0.15, 0.2) is 42.5 Å². The number of benzene rings is 2. The van der Waals surface area contributed by atoms with Crippen LogP contribution in [0, 0.1) is 12.7 Å². The molecule has 0 saturated heterocycles. The third kappa shape index (κ3) is 4.45. The van der Waals surface area contributed by atoms with Crippen LogP contribution in [0.3, 0.4) is 0 Å². The third-order valence-electron chi connectivity index (χ3n) is 3.47. The molecule has 2 N–H and O–H groups in total. The molecule has 0 aromatic heterocycles. The fraction of sp³-hybridized carbons (Fsp3) is 0.294. The van der Waals surface area contributed by atoms with Crippen molar-refractivity contribution in [2.24, 2.45) is 5.73 Å². The van der Waals surface area contributed by atoms with Crippen molar-refractivity contribution in [2.45, 2.75) is 19.3 Å². The van der Waals surface area contributed by atoms with Crippen molar-refractivity contribution in [3.05, 3.63) is 64.4 Å². The van der Waals surface area contributed by atoms with E-state index >= 15 is 0 Å². The molecule has 1 atom stereocenters. The Morgan fingerprint density at radius 2 is 2.05 bits per heavy atom. The molecule has 0 amide bonds. The maximum Gasteiger partial charge on any atom is 0.123 e. The van der Waals surface area contributed by atoms with E-state index in [0.717, 1.165) is 23.3 Å². The molecule has 0 radical (unpaired) electrons. The number of ether oxygens (including phenoxy) is 1. The summed E-state index contributed by atoms with van der Waals surface area (Å²) >= 11 is 5.91. The van der Waals surface area contributed by atoms with Crippen LogP contribution in [0.25, 0.3) is 0 Å². The standard InChI is InChI=1S/C17H19ClFNO/c1-12-9-15(18)5-6-17(12)21-8-7-14(11-20)13-3-2-4-16(19)10-13/h2-6,9-10,14H,7-8,11,20H2,1H3. The van der Waals surface area contributed by atoms with Crippen molar-refractivity contribution < 1.29 is 9.13 Å². The van der Waals surface area contributed by atoms with Gasteiger partial charge in [0.05, 0.1) is 6.61 Å². The zero-order valence-corrected chi connectivity index (χ0v) is 12.7. The highest BCUT2D eigenvalue weighted by Crippen LogP contribution is 2.24. The van der Waals surface area contributed by atoms with Gasteiger partial charge in [-0.1, -0.05) is 23.7 Å². The van der Waals surface area contributed by atoms with Gasteiger partial charge >= 0.3 is 0 Å². The molecule has 0 spiro atoms. The fourth-order valence-electron chi connectivity index (χ4n) is 2.27. The highest BCUT2D eigenvalue weighted by Gasteiger charge is 2.11. The SMILES string of the molecule is Cc1cc(Cl)ccc1OCCC(CN)c1cccc(F)c1. The van der Waals surface area contributed by atoms with Crippen molar-refractivity contribution in [3.8, 4) is 5.75 Å². The van der Waals surface area contributed by atoms with E-state index in [1.54, 1.807) is 12.1 Å². The molecule has 0 aliphatic heterocycles. The van der Waals surface area contributed by atoms with Crippen LogP contribution in [-0.4, -0.2) is 13.2 Å². The fourth-order valence-corrected chi connectivity index (χ4v) is 2.49. The van der Waals surface area contributed by atoms with Crippen molar-refractivity contribution in [2.75, 3.05) is 13.2 Å². The number of nitrogens with two attached hydrogens (primary N) is 1. The summed E-state index contributed by atoms with van der Waals surface area (Å²) in [5, 5.41) is 0.694. The van der Waals surface area contributed by atoms with Crippen molar-refractivity contribution in [1.82, 2.24) is 0 Å². The normalized spacial score (nSPS) is 12.2. The van der Waals surface area contributed by atoms with Gasteiger partial charge < -0.3 is 10.5 Å². The van der Waals surface area contributed by atoms with E-state index in [1.165, 1.54) is 12.1 Å². The van der Waals surface area contributed by atoms with Crippen LogP contribution < -0.4 is 10.5 Å². The molecule has 4 heteroatoms. The lowest BCUT2D eigenvalue weighted by Crippen LogP contribution is -2.16. The first-order valence-electron chi connectivity index (χ1n) is 6.94. The van der Waals surface area contributed by atoms with Gasteiger partial charge in [-0.05, 0) is 67.3 Å². The molecule has 1 unspecified atom stereocenters. The molecule has 0 aliphatic carbocycles. The lowest BCUT2D eigenvalue weighted by atomic mass is 9.96. The van der Waals surface area contributed by atoms with E-state index in [2.05, 4.69) is 0 Å². The minimum atomic E-state index is -0.236. The summed E-state index contributed by atoms with van der Waals surface area (Å²) in [6.07, 6.45) is 0.738. The van der Waals surface area contributed by atoms with E-state index < -0.39 is 0 Å². The molecular formula is C17H19ClFNO. The summed E-state index contributed by atoms with van der Waals surface area (Å²) < 4.78 is 19.0. The molecule has 0 heterocycles. The molecule has 21 heavy (non-hydrogen) atoms. The summed E-state index contributed by atoms with van der Waals surface area (Å²) in [6.45, 7) is 2.95. The zero-order valence-electron chi connectivity index (χ0n) is 12.0. The van der Waals surface area contributed by atoms with E-state index in [1.807, 2.05) is 25.1 Å². The van der Waals surface area contributed by atoms with Gasteiger partial charge in [-0.25, -0.2) is 4.39 Å². The first kappa shape index (κ1) is 15.8. The largest absolute Gasteiger partial charge is 0.493 e. The topological polar surface area (TPSA) is 35.2 Å². The second-order valence-electron chi connectivity index (χ2n) is 5.03. The van der Waals surface area contributed by atoms with Crippen LogP contribution in [0.5, 0.6) is 5.75 Å². The Balaban J connectivity index is 1.94. The summed E-state index contributed by atoms with van der Waals surface area (Å²) in [5.74, 6) is 0.670. The molecule has 0 saturated carbocycles. The highest BCUT2D eigenvalue weighted by molar-refractivity contribution is 6.30. The Labute approximate surface area is 129 Å². The monoisotopic (exact) mass is 307 g/mol. The van der Waals surface area contributed by atoms with Gasteiger partial charge in [0, 0.05) is 5.02 Å². The van der Waals surface area contributed by atoms with Crippen LogP contribution in [-0.2, 0) is 0 Å². The van der Waals surface area contributed by atoms with Crippen LogP contribution in [0.2, 0.25) is 5.02 Å². The molecule has 112 valence electrons. The number of hydrogen-bond donors (Lipinski definition) is 1. The first-order chi connectivity index (χ1) is 10.1. The lowest BCUT2D eigenvalue weighted by Gasteiger charge is -2.16. The average Bonchev–Trinajstić information content (AvgIpc) is 2.45. The van der Waals surface area contributed by atoms with Gasteiger partial charge in [0.25, 0.3) is 0 Å². The van der Waals surface area contributed by atoms with E-state index in [0.29, 0.717) is 18.2 Å². The summed E-state index contributed by atoms with van der Waals surface area (Å²) in [4.78, 5) is 0. The molecule has 0 bridgehead atoms. The van der Waals surface area contributed by atoms with E-state index in [-0.39, 0.29) is 11.7 Å². The maximum atomic E-state index is 13.3. The van der Waals surface area contributed by atoms with Gasteiger partial charge in [-0.3, -0.25) is 0 Å². The molecular weight excluding hydrogens is 289 g/mol. The predicted octanol–water partition coefficient (Wildman–Crippen LogP) is 4.30. The minimum absolute atomic E-state index is 0.0910. The number of aryl methyl sites for hydroxylation is 1. The minimum Gasteiger partial charge on any atom is -0.493 e. The molecule has 2 rings (SSSR count). The number of rotatable bonds is 6. The molecule has 0 aliphatic rings. The average molecular weight is 308 g/mol. The van der Waals surface area contributed by atoms with Crippen LogP contribution in [0.1, 0.15) is 23.5 Å². The summed E-state index contributed by atoms with van der Waals surface area (Å²) in [7, 11) is 0. The van der Waals surface area contributed by atoms with E-state index in [9.17, 15) is 4.39 Å². The van der Waals surface area contributed by atoms with Gasteiger partial charge in [0.15, 0.2) is 0 Å². The first-order valence-corrected chi connectivity index (χ1v) is 7.32. The Bertz CT molecular complexity index is 603. The third-order valence-corrected chi connectivity index (χ3v) is 3.70. The summed E-state index contributed by atoms with van der Waals surface area (Å²) in [5.41, 5.74) is 7.70. The Morgan fingerprint density at radius 3 is 2.71 bits per heavy atom. The van der Waals surface area contributed by atoms with Gasteiger partial charge in [0.1, 0.15) is 11.6 Å². The molecule has 2 aromatic carbocycles. The Kier molecular flexibility index (Phi) is 5.59. The molecule has 2 aromatic rings.